The highest BCUT2D eigenvalue weighted by Crippen LogP contribution is 2.33. The van der Waals surface area contributed by atoms with E-state index in [-0.39, 0.29) is 5.54 Å². The lowest BCUT2D eigenvalue weighted by Gasteiger charge is -2.34. The molecule has 0 radical (unpaired) electrons. The molecule has 20 heavy (non-hydrogen) atoms. The maximum atomic E-state index is 5.60. The summed E-state index contributed by atoms with van der Waals surface area (Å²) < 4.78 is 5.60. The Labute approximate surface area is 126 Å². The zero-order chi connectivity index (χ0) is 14.6. The van der Waals surface area contributed by atoms with E-state index in [1.54, 1.807) is 11.3 Å². The van der Waals surface area contributed by atoms with Gasteiger partial charge in [0, 0.05) is 31.5 Å². The van der Waals surface area contributed by atoms with E-state index in [0.717, 1.165) is 36.9 Å². The van der Waals surface area contributed by atoms with Crippen LogP contribution in [-0.4, -0.2) is 35.0 Å². The molecule has 0 aliphatic heterocycles. The van der Waals surface area contributed by atoms with Crippen molar-refractivity contribution in [2.24, 2.45) is 5.92 Å². The SMILES string of the molecule is CCOC1CC(Cc2nnc(CCNC(C)(C)C)s2)C1. The maximum absolute atomic E-state index is 5.60. The summed E-state index contributed by atoms with van der Waals surface area (Å²) in [5.41, 5.74) is 0.174. The molecule has 0 saturated heterocycles. The number of hydrogen-bond donors (Lipinski definition) is 1. The van der Waals surface area contributed by atoms with Gasteiger partial charge in [0.25, 0.3) is 0 Å². The Hall–Kier alpha value is -0.520. The number of ether oxygens (including phenoxy) is 1. The number of nitrogens with one attached hydrogen (secondary N) is 1. The summed E-state index contributed by atoms with van der Waals surface area (Å²) in [6.07, 6.45) is 4.92. The molecule has 1 fully saturated rings. The fourth-order valence-corrected chi connectivity index (χ4v) is 3.43. The molecule has 0 amide bonds. The van der Waals surface area contributed by atoms with Crippen LogP contribution in [-0.2, 0) is 17.6 Å². The van der Waals surface area contributed by atoms with E-state index in [0.29, 0.717) is 6.10 Å². The molecule has 1 aromatic heterocycles. The van der Waals surface area contributed by atoms with Crippen LogP contribution in [0.5, 0.6) is 0 Å². The molecule has 1 N–H and O–H groups in total. The van der Waals surface area contributed by atoms with E-state index >= 15 is 0 Å². The number of hydrogen-bond acceptors (Lipinski definition) is 5. The van der Waals surface area contributed by atoms with Crippen LogP contribution in [0.1, 0.15) is 50.6 Å². The Kier molecular flexibility index (Phi) is 5.52. The highest BCUT2D eigenvalue weighted by atomic mass is 32.1. The predicted octanol–water partition coefficient (Wildman–Crippen LogP) is 2.83. The van der Waals surface area contributed by atoms with Gasteiger partial charge in [0.15, 0.2) is 0 Å². The van der Waals surface area contributed by atoms with Crippen LogP contribution in [0.4, 0.5) is 0 Å². The Bertz CT molecular complexity index is 407. The lowest BCUT2D eigenvalue weighted by Crippen LogP contribution is -2.37. The third-order valence-corrected chi connectivity index (χ3v) is 4.57. The summed E-state index contributed by atoms with van der Waals surface area (Å²) in [5, 5.41) is 14.4. The minimum Gasteiger partial charge on any atom is -0.378 e. The van der Waals surface area contributed by atoms with Crippen molar-refractivity contribution in [2.45, 2.75) is 65.0 Å². The molecule has 2 rings (SSSR count). The normalized spacial score (nSPS) is 22.8. The van der Waals surface area contributed by atoms with Crippen molar-refractivity contribution in [3.63, 3.8) is 0 Å². The summed E-state index contributed by atoms with van der Waals surface area (Å²) >= 11 is 1.77. The van der Waals surface area contributed by atoms with Crippen LogP contribution < -0.4 is 5.32 Å². The van der Waals surface area contributed by atoms with E-state index in [2.05, 4.69) is 43.2 Å². The van der Waals surface area contributed by atoms with Gasteiger partial charge < -0.3 is 10.1 Å². The first kappa shape index (κ1) is 15.9. The first-order valence-electron chi connectivity index (χ1n) is 7.64. The summed E-state index contributed by atoms with van der Waals surface area (Å²) in [4.78, 5) is 0. The molecule has 114 valence electrons. The summed E-state index contributed by atoms with van der Waals surface area (Å²) in [7, 11) is 0. The van der Waals surface area contributed by atoms with Gasteiger partial charge in [-0.2, -0.15) is 0 Å². The highest BCUT2D eigenvalue weighted by Gasteiger charge is 2.30. The second-order valence-electron chi connectivity index (χ2n) is 6.64. The summed E-state index contributed by atoms with van der Waals surface area (Å²) in [6, 6.07) is 0. The van der Waals surface area contributed by atoms with Crippen LogP contribution in [0.2, 0.25) is 0 Å². The monoisotopic (exact) mass is 297 g/mol. The molecular formula is C15H27N3OS. The Morgan fingerprint density at radius 1 is 1.25 bits per heavy atom. The molecule has 1 aliphatic carbocycles. The van der Waals surface area contributed by atoms with Gasteiger partial charge in [0.2, 0.25) is 0 Å². The maximum Gasteiger partial charge on any atom is 0.118 e. The van der Waals surface area contributed by atoms with Crippen LogP contribution in [0.15, 0.2) is 0 Å². The lowest BCUT2D eigenvalue weighted by atomic mass is 9.80. The van der Waals surface area contributed by atoms with Gasteiger partial charge in [-0.25, -0.2) is 0 Å². The largest absolute Gasteiger partial charge is 0.378 e. The molecule has 0 unspecified atom stereocenters. The van der Waals surface area contributed by atoms with Gasteiger partial charge in [-0.1, -0.05) is 0 Å². The van der Waals surface area contributed by atoms with Crippen LogP contribution in [0.3, 0.4) is 0 Å². The fourth-order valence-electron chi connectivity index (χ4n) is 2.48. The second kappa shape index (κ2) is 6.96. The first-order chi connectivity index (χ1) is 9.46. The van der Waals surface area contributed by atoms with Crippen molar-refractivity contribution >= 4 is 11.3 Å². The Morgan fingerprint density at radius 3 is 2.60 bits per heavy atom. The van der Waals surface area contributed by atoms with E-state index in [1.165, 1.54) is 17.8 Å². The molecule has 5 heteroatoms. The third kappa shape index (κ3) is 5.11. The average Bonchev–Trinajstić information content (AvgIpc) is 2.72. The smallest absolute Gasteiger partial charge is 0.118 e. The standard InChI is InChI=1S/C15H27N3OS/c1-5-19-12-8-11(9-12)10-14-18-17-13(20-14)6-7-16-15(2,3)4/h11-12,16H,5-10H2,1-4H3. The van der Waals surface area contributed by atoms with Crippen LogP contribution in [0.25, 0.3) is 0 Å². The Morgan fingerprint density at radius 2 is 1.95 bits per heavy atom. The van der Waals surface area contributed by atoms with Gasteiger partial charge in [-0.05, 0) is 46.5 Å². The zero-order valence-electron chi connectivity index (χ0n) is 13.1. The van der Waals surface area contributed by atoms with Crippen molar-refractivity contribution in [3.05, 3.63) is 10.0 Å². The third-order valence-electron chi connectivity index (χ3n) is 3.56. The lowest BCUT2D eigenvalue weighted by molar-refractivity contribution is -0.0240. The van der Waals surface area contributed by atoms with Crippen molar-refractivity contribution in [3.8, 4) is 0 Å². The topological polar surface area (TPSA) is 47.0 Å². The molecule has 1 aliphatic rings. The van der Waals surface area contributed by atoms with Gasteiger partial charge >= 0.3 is 0 Å². The summed E-state index contributed by atoms with van der Waals surface area (Å²) in [6.45, 7) is 10.4. The van der Waals surface area contributed by atoms with Gasteiger partial charge in [0.1, 0.15) is 10.0 Å². The molecule has 0 aromatic carbocycles. The van der Waals surface area contributed by atoms with E-state index < -0.39 is 0 Å². The van der Waals surface area contributed by atoms with E-state index in [4.69, 9.17) is 4.74 Å². The van der Waals surface area contributed by atoms with Crippen molar-refractivity contribution in [1.82, 2.24) is 15.5 Å². The fraction of sp³-hybridized carbons (Fsp3) is 0.867. The number of rotatable bonds is 7. The number of nitrogens with zero attached hydrogens (tertiary/aromatic N) is 2. The van der Waals surface area contributed by atoms with Crippen LogP contribution >= 0.6 is 11.3 Å². The van der Waals surface area contributed by atoms with E-state index in [1.807, 2.05) is 0 Å². The molecule has 4 nitrogen and oxygen atoms in total. The van der Waals surface area contributed by atoms with Crippen molar-refractivity contribution in [1.29, 1.82) is 0 Å². The zero-order valence-corrected chi connectivity index (χ0v) is 13.9. The predicted molar refractivity (Wildman–Crippen MR) is 83.2 cm³/mol. The molecule has 1 aromatic rings. The molecule has 1 saturated carbocycles. The quantitative estimate of drug-likeness (QED) is 0.840. The molecule has 0 spiro atoms. The molecule has 0 atom stereocenters. The molecule has 0 bridgehead atoms. The van der Waals surface area contributed by atoms with Crippen molar-refractivity contribution in [2.75, 3.05) is 13.2 Å². The highest BCUT2D eigenvalue weighted by molar-refractivity contribution is 7.11. The van der Waals surface area contributed by atoms with Crippen molar-refractivity contribution < 1.29 is 4.74 Å². The minimum absolute atomic E-state index is 0.174. The molecule has 1 heterocycles. The van der Waals surface area contributed by atoms with Gasteiger partial charge in [-0.3, -0.25) is 0 Å². The average molecular weight is 297 g/mol. The number of aromatic nitrogens is 2. The summed E-state index contributed by atoms with van der Waals surface area (Å²) in [5.74, 6) is 0.750. The van der Waals surface area contributed by atoms with Gasteiger partial charge in [-0.15, -0.1) is 21.5 Å². The van der Waals surface area contributed by atoms with E-state index in [9.17, 15) is 0 Å². The molecular weight excluding hydrogens is 270 g/mol. The van der Waals surface area contributed by atoms with Gasteiger partial charge in [0.05, 0.1) is 6.10 Å². The first-order valence-corrected chi connectivity index (χ1v) is 8.46. The Balaban J connectivity index is 1.68. The second-order valence-corrected chi connectivity index (χ2v) is 7.78. The van der Waals surface area contributed by atoms with Crippen LogP contribution in [0, 0.1) is 5.92 Å². The minimum atomic E-state index is 0.174.